The molecule has 0 unspecified atom stereocenters. The zero-order valence-corrected chi connectivity index (χ0v) is 10.7. The van der Waals surface area contributed by atoms with Gasteiger partial charge in [-0.3, -0.25) is 10.5 Å². The van der Waals surface area contributed by atoms with Gasteiger partial charge >= 0.3 is 18.3 Å². The standard InChI is InChI=1S/C9H9F8N5/c1-22-5(3(18)2-20-19)4(8(12,13)14)6(21-22)7(10,11)9(15,16)17/h2,20H,18-19H2,1H3/b3-2-. The van der Waals surface area contributed by atoms with E-state index in [4.69, 9.17) is 11.6 Å². The number of nitrogens with one attached hydrogen (secondary N) is 1. The van der Waals surface area contributed by atoms with E-state index in [9.17, 15) is 35.1 Å². The second-order valence-corrected chi connectivity index (χ2v) is 4.03. The van der Waals surface area contributed by atoms with E-state index < -0.39 is 40.9 Å². The van der Waals surface area contributed by atoms with Gasteiger partial charge in [0.2, 0.25) is 0 Å². The van der Waals surface area contributed by atoms with Gasteiger partial charge in [-0.2, -0.15) is 40.2 Å². The van der Waals surface area contributed by atoms with Gasteiger partial charge < -0.3 is 11.2 Å². The van der Waals surface area contributed by atoms with E-state index in [2.05, 4.69) is 5.10 Å². The van der Waals surface area contributed by atoms with E-state index in [1.807, 2.05) is 0 Å². The van der Waals surface area contributed by atoms with Crippen molar-refractivity contribution in [2.45, 2.75) is 18.3 Å². The molecule has 1 aromatic rings. The number of rotatable bonds is 3. The molecule has 0 amide bonds. The molecule has 5 nitrogen and oxygen atoms in total. The maximum Gasteiger partial charge on any atom is 0.459 e. The van der Waals surface area contributed by atoms with Crippen molar-refractivity contribution in [3.63, 3.8) is 0 Å². The van der Waals surface area contributed by atoms with Crippen LogP contribution in [-0.4, -0.2) is 16.0 Å². The Morgan fingerprint density at radius 1 is 1.14 bits per heavy atom. The molecular weight excluding hydrogens is 330 g/mol. The van der Waals surface area contributed by atoms with Crippen molar-refractivity contribution in [1.29, 1.82) is 0 Å². The fourth-order valence-corrected chi connectivity index (χ4v) is 1.64. The van der Waals surface area contributed by atoms with Gasteiger partial charge in [0.1, 0.15) is 5.56 Å². The van der Waals surface area contributed by atoms with Gasteiger partial charge in [0.05, 0.1) is 11.4 Å². The number of nitrogens with zero attached hydrogens (tertiary/aromatic N) is 2. The lowest BCUT2D eigenvalue weighted by molar-refractivity contribution is -0.292. The van der Waals surface area contributed by atoms with Crippen molar-refractivity contribution in [2.75, 3.05) is 0 Å². The highest BCUT2D eigenvalue weighted by Gasteiger charge is 2.64. The van der Waals surface area contributed by atoms with Crippen LogP contribution in [0.2, 0.25) is 0 Å². The Bertz CT molecular complexity index is 582. The second kappa shape index (κ2) is 5.30. The minimum atomic E-state index is -6.26. The Kier molecular flexibility index (Phi) is 4.33. The SMILES string of the molecule is Cn1nc(C(F)(F)C(F)(F)F)c(C(F)(F)F)c1/C(N)=C/NN. The predicted molar refractivity (Wildman–Crippen MR) is 57.6 cm³/mol. The summed E-state index contributed by atoms with van der Waals surface area (Å²) in [5, 5.41) is 2.66. The number of nitrogens with two attached hydrogens (primary N) is 2. The molecule has 1 heterocycles. The monoisotopic (exact) mass is 339 g/mol. The molecule has 126 valence electrons. The van der Waals surface area contributed by atoms with Crippen LogP contribution in [0.1, 0.15) is 17.0 Å². The van der Waals surface area contributed by atoms with Gasteiger partial charge in [-0.15, -0.1) is 0 Å². The molecule has 0 aromatic carbocycles. The molecule has 1 rings (SSSR count). The third-order valence-electron chi connectivity index (χ3n) is 2.50. The van der Waals surface area contributed by atoms with Crippen LogP contribution in [0, 0.1) is 0 Å². The number of alkyl halides is 8. The smallest absolute Gasteiger partial charge is 0.396 e. The van der Waals surface area contributed by atoms with Crippen molar-refractivity contribution < 1.29 is 35.1 Å². The molecule has 0 spiro atoms. The Hall–Kier alpha value is -2.05. The molecule has 5 N–H and O–H groups in total. The predicted octanol–water partition coefficient (Wildman–Crippen LogP) is 1.81. The molecule has 0 aliphatic carbocycles. The summed E-state index contributed by atoms with van der Waals surface area (Å²) in [6.45, 7) is 0. The van der Waals surface area contributed by atoms with Crippen LogP contribution < -0.4 is 17.0 Å². The lowest BCUT2D eigenvalue weighted by Gasteiger charge is -2.19. The van der Waals surface area contributed by atoms with Crippen molar-refractivity contribution >= 4 is 5.70 Å². The van der Waals surface area contributed by atoms with E-state index in [-0.39, 0.29) is 4.68 Å². The Labute approximate surface area is 117 Å². The molecule has 0 bridgehead atoms. The van der Waals surface area contributed by atoms with Crippen molar-refractivity contribution in [2.24, 2.45) is 18.6 Å². The van der Waals surface area contributed by atoms with Crippen LogP contribution in [-0.2, 0) is 19.1 Å². The van der Waals surface area contributed by atoms with Crippen LogP contribution in [0.25, 0.3) is 5.70 Å². The van der Waals surface area contributed by atoms with Crippen molar-refractivity contribution in [3.05, 3.63) is 23.2 Å². The summed E-state index contributed by atoms with van der Waals surface area (Å²) < 4.78 is 103. The Balaban J connectivity index is 3.77. The van der Waals surface area contributed by atoms with E-state index in [0.717, 1.165) is 7.05 Å². The summed E-state index contributed by atoms with van der Waals surface area (Å²) in [4.78, 5) is 0. The number of halogens is 8. The third-order valence-corrected chi connectivity index (χ3v) is 2.50. The van der Waals surface area contributed by atoms with E-state index >= 15 is 0 Å². The molecule has 0 radical (unpaired) electrons. The first-order chi connectivity index (χ1) is 9.75. The van der Waals surface area contributed by atoms with E-state index in [0.29, 0.717) is 6.20 Å². The molecule has 0 fully saturated rings. The highest BCUT2D eigenvalue weighted by molar-refractivity contribution is 5.64. The number of hydrogen-bond donors (Lipinski definition) is 3. The normalized spacial score (nSPS) is 14.4. The molecule has 13 heteroatoms. The molecular formula is C9H9F8N5. The van der Waals surface area contributed by atoms with Crippen LogP contribution in [0.4, 0.5) is 35.1 Å². The lowest BCUT2D eigenvalue weighted by atomic mass is 10.1. The van der Waals surface area contributed by atoms with Gasteiger partial charge in [-0.25, -0.2) is 0 Å². The topological polar surface area (TPSA) is 81.9 Å². The van der Waals surface area contributed by atoms with Crippen LogP contribution >= 0.6 is 0 Å². The number of hydrazine groups is 1. The maximum absolute atomic E-state index is 13.3. The zero-order chi connectivity index (χ0) is 17.5. The molecule has 0 saturated heterocycles. The molecule has 0 atom stereocenters. The lowest BCUT2D eigenvalue weighted by Crippen LogP contribution is -2.36. The second-order valence-electron chi connectivity index (χ2n) is 4.03. The first-order valence-corrected chi connectivity index (χ1v) is 5.26. The average Bonchev–Trinajstić information content (AvgIpc) is 2.65. The average molecular weight is 339 g/mol. The highest BCUT2D eigenvalue weighted by atomic mass is 19.4. The van der Waals surface area contributed by atoms with Crippen molar-refractivity contribution in [3.8, 4) is 0 Å². The van der Waals surface area contributed by atoms with Gasteiger partial charge in [-0.1, -0.05) is 0 Å². The summed E-state index contributed by atoms with van der Waals surface area (Å²) in [6.07, 6.45) is -11.2. The Morgan fingerprint density at radius 2 is 1.64 bits per heavy atom. The van der Waals surface area contributed by atoms with E-state index in [1.165, 1.54) is 0 Å². The first kappa shape index (κ1) is 18.0. The highest BCUT2D eigenvalue weighted by Crippen LogP contribution is 2.49. The third kappa shape index (κ3) is 2.93. The maximum atomic E-state index is 13.3. The number of aryl methyl sites for hydroxylation is 1. The summed E-state index contributed by atoms with van der Waals surface area (Å²) in [5.41, 5.74) is 0.166. The van der Waals surface area contributed by atoms with Crippen molar-refractivity contribution in [1.82, 2.24) is 15.2 Å². The first-order valence-electron chi connectivity index (χ1n) is 5.26. The van der Waals surface area contributed by atoms with Gasteiger partial charge in [0.25, 0.3) is 0 Å². The minimum Gasteiger partial charge on any atom is -0.396 e. The minimum absolute atomic E-state index is 0.168. The largest absolute Gasteiger partial charge is 0.459 e. The van der Waals surface area contributed by atoms with Crippen LogP contribution in [0.5, 0.6) is 0 Å². The number of aromatic nitrogens is 2. The van der Waals surface area contributed by atoms with Crippen LogP contribution in [0.3, 0.4) is 0 Å². The number of hydrogen-bond acceptors (Lipinski definition) is 4. The van der Waals surface area contributed by atoms with Gasteiger partial charge in [0.15, 0.2) is 5.69 Å². The molecule has 1 aromatic heterocycles. The molecule has 22 heavy (non-hydrogen) atoms. The molecule has 0 saturated carbocycles. The quantitative estimate of drug-likeness (QED) is 0.446. The summed E-state index contributed by atoms with van der Waals surface area (Å²) in [6, 6.07) is 0. The van der Waals surface area contributed by atoms with Gasteiger partial charge in [0, 0.05) is 13.2 Å². The Morgan fingerprint density at radius 3 is 2.00 bits per heavy atom. The fourth-order valence-electron chi connectivity index (χ4n) is 1.64. The summed E-state index contributed by atoms with van der Waals surface area (Å²) in [5.74, 6) is -1.02. The molecule has 0 aliphatic heterocycles. The fraction of sp³-hybridized carbons (Fsp3) is 0.444. The van der Waals surface area contributed by atoms with Gasteiger partial charge in [-0.05, 0) is 0 Å². The zero-order valence-electron chi connectivity index (χ0n) is 10.7. The molecule has 0 aliphatic rings. The van der Waals surface area contributed by atoms with E-state index in [1.54, 1.807) is 5.43 Å². The summed E-state index contributed by atoms with van der Waals surface area (Å²) >= 11 is 0. The van der Waals surface area contributed by atoms with Crippen LogP contribution in [0.15, 0.2) is 6.20 Å². The summed E-state index contributed by atoms with van der Waals surface area (Å²) in [7, 11) is 0.734.